The fourth-order valence-electron chi connectivity index (χ4n) is 3.70. The normalized spacial score (nSPS) is 17.0. The van der Waals surface area contributed by atoms with Crippen LogP contribution in [0.25, 0.3) is 11.1 Å². The van der Waals surface area contributed by atoms with Crippen LogP contribution in [0.15, 0.2) is 48.5 Å². The van der Waals surface area contributed by atoms with Crippen LogP contribution in [0.1, 0.15) is 28.8 Å². The Morgan fingerprint density at radius 2 is 1.77 bits per heavy atom. The predicted octanol–water partition coefficient (Wildman–Crippen LogP) is 1.01. The zero-order valence-corrected chi connectivity index (χ0v) is 17.6. The molecule has 0 spiro atoms. The SMILES string of the molecule is NC[C@H](NC(=O)c1ccc(-c2ccc(CNCC3CCCNC3)cc2)cc1)C(=O)NO. The molecule has 1 heterocycles. The summed E-state index contributed by atoms with van der Waals surface area (Å²) in [7, 11) is 0. The summed E-state index contributed by atoms with van der Waals surface area (Å²) < 4.78 is 0. The molecule has 0 aromatic heterocycles. The van der Waals surface area contributed by atoms with Gasteiger partial charge in [-0.3, -0.25) is 14.8 Å². The molecule has 0 radical (unpaired) electrons. The Balaban J connectivity index is 1.53. The molecule has 1 fully saturated rings. The van der Waals surface area contributed by atoms with E-state index in [1.54, 1.807) is 12.1 Å². The van der Waals surface area contributed by atoms with Gasteiger partial charge in [0, 0.05) is 18.7 Å². The van der Waals surface area contributed by atoms with Crippen LogP contribution in [-0.2, 0) is 11.3 Å². The second-order valence-corrected chi connectivity index (χ2v) is 7.86. The lowest BCUT2D eigenvalue weighted by molar-refractivity contribution is -0.130. The number of amides is 2. The first kappa shape index (κ1) is 22.9. The van der Waals surface area contributed by atoms with Crippen LogP contribution >= 0.6 is 0 Å². The maximum absolute atomic E-state index is 12.3. The van der Waals surface area contributed by atoms with Crippen molar-refractivity contribution < 1.29 is 14.8 Å². The van der Waals surface area contributed by atoms with Crippen LogP contribution in [0, 0.1) is 5.92 Å². The lowest BCUT2D eigenvalue weighted by atomic mass is 9.99. The topological polar surface area (TPSA) is 129 Å². The lowest BCUT2D eigenvalue weighted by Gasteiger charge is -2.23. The van der Waals surface area contributed by atoms with Crippen molar-refractivity contribution in [1.82, 2.24) is 21.4 Å². The highest BCUT2D eigenvalue weighted by molar-refractivity contribution is 5.97. The highest BCUT2D eigenvalue weighted by Gasteiger charge is 2.19. The van der Waals surface area contributed by atoms with Gasteiger partial charge >= 0.3 is 0 Å². The lowest BCUT2D eigenvalue weighted by Crippen LogP contribution is -2.50. The molecular formula is C23H31N5O3. The summed E-state index contributed by atoms with van der Waals surface area (Å²) in [6.07, 6.45) is 2.54. The third-order valence-corrected chi connectivity index (χ3v) is 5.56. The summed E-state index contributed by atoms with van der Waals surface area (Å²) >= 11 is 0. The molecule has 8 heteroatoms. The van der Waals surface area contributed by atoms with Gasteiger partial charge in [0.2, 0.25) is 0 Å². The van der Waals surface area contributed by atoms with E-state index in [2.05, 4.69) is 40.2 Å². The number of carbonyl (C=O) groups excluding carboxylic acids is 2. The average molecular weight is 426 g/mol. The second-order valence-electron chi connectivity index (χ2n) is 7.86. The maximum Gasteiger partial charge on any atom is 0.267 e. The first-order valence-electron chi connectivity index (χ1n) is 10.7. The van der Waals surface area contributed by atoms with Crippen LogP contribution in [0.5, 0.6) is 0 Å². The fourth-order valence-corrected chi connectivity index (χ4v) is 3.70. The number of hydroxylamine groups is 1. The van der Waals surface area contributed by atoms with E-state index in [9.17, 15) is 9.59 Å². The van der Waals surface area contributed by atoms with Gasteiger partial charge in [-0.2, -0.15) is 0 Å². The minimum absolute atomic E-state index is 0.116. The summed E-state index contributed by atoms with van der Waals surface area (Å²) in [6.45, 7) is 4.00. The molecule has 0 bridgehead atoms. The molecule has 3 rings (SSSR count). The van der Waals surface area contributed by atoms with Gasteiger partial charge in [0.05, 0.1) is 0 Å². The molecule has 1 aliphatic heterocycles. The highest BCUT2D eigenvalue weighted by atomic mass is 16.5. The van der Waals surface area contributed by atoms with Crippen molar-refractivity contribution in [2.24, 2.45) is 11.7 Å². The number of hydrogen-bond donors (Lipinski definition) is 6. The molecule has 1 aliphatic rings. The van der Waals surface area contributed by atoms with Crippen molar-refractivity contribution in [3.8, 4) is 11.1 Å². The molecule has 2 aromatic carbocycles. The Morgan fingerprint density at radius 3 is 2.35 bits per heavy atom. The fraction of sp³-hybridized carbons (Fsp3) is 0.391. The zero-order valence-electron chi connectivity index (χ0n) is 17.6. The number of nitrogens with one attached hydrogen (secondary N) is 4. The van der Waals surface area contributed by atoms with Gasteiger partial charge in [0.15, 0.2) is 0 Å². The smallest absolute Gasteiger partial charge is 0.267 e. The summed E-state index contributed by atoms with van der Waals surface area (Å²) in [4.78, 5) is 23.8. The van der Waals surface area contributed by atoms with E-state index in [4.69, 9.17) is 10.9 Å². The Hall–Kier alpha value is -2.78. The minimum atomic E-state index is -0.993. The number of hydrogen-bond acceptors (Lipinski definition) is 6. The number of rotatable bonds is 9. The average Bonchev–Trinajstić information content (AvgIpc) is 2.83. The van der Waals surface area contributed by atoms with Crippen molar-refractivity contribution in [2.45, 2.75) is 25.4 Å². The predicted molar refractivity (Wildman–Crippen MR) is 119 cm³/mol. The number of nitrogens with two attached hydrogens (primary N) is 1. The largest absolute Gasteiger partial charge is 0.339 e. The van der Waals surface area contributed by atoms with Crippen molar-refractivity contribution in [2.75, 3.05) is 26.2 Å². The molecule has 7 N–H and O–H groups in total. The van der Waals surface area contributed by atoms with Gasteiger partial charge < -0.3 is 21.7 Å². The quantitative estimate of drug-likeness (QED) is 0.263. The molecule has 1 saturated heterocycles. The number of piperidine rings is 1. The molecular weight excluding hydrogens is 394 g/mol. The standard InChI is InChI=1S/C23H31N5O3/c24-12-21(23(30)28-31)27-22(29)20-9-7-19(8-10-20)18-5-3-16(4-6-18)13-26-15-17-2-1-11-25-14-17/h3-10,17,21,25-26,31H,1-2,11-15,24H2,(H,27,29)(H,28,30)/t17?,21-/m0/s1. The summed E-state index contributed by atoms with van der Waals surface area (Å²) in [5, 5.41) is 18.2. The molecule has 8 nitrogen and oxygen atoms in total. The van der Waals surface area contributed by atoms with Crippen LogP contribution < -0.4 is 27.2 Å². The molecule has 2 aromatic rings. The summed E-state index contributed by atoms with van der Waals surface area (Å²) in [5.74, 6) is -0.473. The van der Waals surface area contributed by atoms with E-state index in [0.717, 1.165) is 37.3 Å². The third kappa shape index (κ3) is 6.60. The van der Waals surface area contributed by atoms with Gasteiger partial charge in [-0.1, -0.05) is 36.4 Å². The first-order valence-corrected chi connectivity index (χ1v) is 10.7. The first-order chi connectivity index (χ1) is 15.1. The van der Waals surface area contributed by atoms with Gasteiger partial charge in [-0.15, -0.1) is 0 Å². The van der Waals surface area contributed by atoms with Crippen LogP contribution in [0.3, 0.4) is 0 Å². The molecule has 166 valence electrons. The monoisotopic (exact) mass is 425 g/mol. The molecule has 2 amide bonds. The van der Waals surface area contributed by atoms with E-state index in [-0.39, 0.29) is 6.54 Å². The Labute approximate surface area is 182 Å². The molecule has 2 atom stereocenters. The molecule has 0 saturated carbocycles. The number of benzene rings is 2. The summed E-state index contributed by atoms with van der Waals surface area (Å²) in [5.41, 5.74) is 10.7. The number of carbonyl (C=O) groups is 2. The maximum atomic E-state index is 12.3. The second kappa shape index (κ2) is 11.6. The van der Waals surface area contributed by atoms with Crippen LogP contribution in [0.2, 0.25) is 0 Å². The molecule has 1 unspecified atom stereocenters. The highest BCUT2D eigenvalue weighted by Crippen LogP contribution is 2.20. The van der Waals surface area contributed by atoms with E-state index >= 15 is 0 Å². The van der Waals surface area contributed by atoms with Crippen molar-refractivity contribution >= 4 is 11.8 Å². The van der Waals surface area contributed by atoms with E-state index in [1.165, 1.54) is 23.9 Å². The van der Waals surface area contributed by atoms with E-state index in [1.807, 2.05) is 12.1 Å². The van der Waals surface area contributed by atoms with Crippen molar-refractivity contribution in [1.29, 1.82) is 0 Å². The van der Waals surface area contributed by atoms with Crippen LogP contribution in [0.4, 0.5) is 0 Å². The Morgan fingerprint density at radius 1 is 1.10 bits per heavy atom. The third-order valence-electron chi connectivity index (χ3n) is 5.56. The van der Waals surface area contributed by atoms with E-state index < -0.39 is 17.9 Å². The van der Waals surface area contributed by atoms with Crippen LogP contribution in [-0.4, -0.2) is 49.2 Å². The molecule has 0 aliphatic carbocycles. The summed E-state index contributed by atoms with van der Waals surface area (Å²) in [6, 6.07) is 14.5. The van der Waals surface area contributed by atoms with Gasteiger partial charge in [-0.25, -0.2) is 5.48 Å². The van der Waals surface area contributed by atoms with Gasteiger partial charge in [0.1, 0.15) is 6.04 Å². The molecule has 31 heavy (non-hydrogen) atoms. The van der Waals surface area contributed by atoms with E-state index in [0.29, 0.717) is 11.5 Å². The van der Waals surface area contributed by atoms with Crippen molar-refractivity contribution in [3.63, 3.8) is 0 Å². The van der Waals surface area contributed by atoms with Crippen molar-refractivity contribution in [3.05, 3.63) is 59.7 Å². The minimum Gasteiger partial charge on any atom is -0.339 e. The van der Waals surface area contributed by atoms with Gasteiger partial charge in [-0.05, 0) is 67.2 Å². The Kier molecular flexibility index (Phi) is 8.54. The zero-order chi connectivity index (χ0) is 22.1. The van der Waals surface area contributed by atoms with Gasteiger partial charge in [0.25, 0.3) is 11.8 Å². The Bertz CT molecular complexity index is 849.